The molecule has 0 amide bonds. The molecular formula is C13H22N4. The van der Waals surface area contributed by atoms with Crippen LogP contribution < -0.4 is 10.6 Å². The van der Waals surface area contributed by atoms with Crippen LogP contribution in [-0.4, -0.2) is 17.7 Å². The quantitative estimate of drug-likeness (QED) is 0.852. The zero-order valence-corrected chi connectivity index (χ0v) is 11.2. The van der Waals surface area contributed by atoms with E-state index in [-0.39, 0.29) is 6.04 Å². The number of hydrogen-bond acceptors (Lipinski definition) is 3. The third-order valence-corrected chi connectivity index (χ3v) is 3.25. The van der Waals surface area contributed by atoms with E-state index in [9.17, 15) is 5.26 Å². The van der Waals surface area contributed by atoms with Crippen molar-refractivity contribution in [2.45, 2.75) is 40.2 Å². The van der Waals surface area contributed by atoms with Gasteiger partial charge in [0.2, 0.25) is 0 Å². The molecule has 4 heteroatoms. The van der Waals surface area contributed by atoms with Gasteiger partial charge in [0.1, 0.15) is 17.6 Å². The van der Waals surface area contributed by atoms with Crippen molar-refractivity contribution in [2.24, 2.45) is 0 Å². The standard InChI is InChI=1S/C13H22N4/c1-5-10(4)17-11(9-14)8-12(15)13(17)16(6-2)7-3/h8,10H,5-7,15H2,1-4H3. The molecule has 0 aromatic carbocycles. The summed E-state index contributed by atoms with van der Waals surface area (Å²) in [6, 6.07) is 4.30. The summed E-state index contributed by atoms with van der Waals surface area (Å²) in [4.78, 5) is 2.20. The van der Waals surface area contributed by atoms with Gasteiger partial charge >= 0.3 is 0 Å². The fourth-order valence-electron chi connectivity index (χ4n) is 2.11. The van der Waals surface area contributed by atoms with Crippen LogP contribution in [0.25, 0.3) is 0 Å². The first-order valence-corrected chi connectivity index (χ1v) is 6.26. The molecular weight excluding hydrogens is 212 g/mol. The molecule has 17 heavy (non-hydrogen) atoms. The summed E-state index contributed by atoms with van der Waals surface area (Å²) in [6.45, 7) is 10.2. The van der Waals surface area contributed by atoms with Crippen LogP contribution in [0.4, 0.5) is 11.5 Å². The summed E-state index contributed by atoms with van der Waals surface area (Å²) in [5.41, 5.74) is 7.40. The smallest absolute Gasteiger partial charge is 0.133 e. The molecule has 0 saturated heterocycles. The predicted octanol–water partition coefficient (Wildman–Crippen LogP) is 2.76. The second-order valence-corrected chi connectivity index (χ2v) is 4.22. The Kier molecular flexibility index (Phi) is 4.45. The average molecular weight is 234 g/mol. The van der Waals surface area contributed by atoms with E-state index in [0.717, 1.165) is 25.3 Å². The maximum Gasteiger partial charge on any atom is 0.133 e. The molecule has 0 fully saturated rings. The summed E-state index contributed by atoms with van der Waals surface area (Å²) < 4.78 is 2.06. The molecule has 1 aromatic rings. The Balaban J connectivity index is 3.37. The van der Waals surface area contributed by atoms with Gasteiger partial charge in [-0.15, -0.1) is 0 Å². The molecule has 4 nitrogen and oxygen atoms in total. The molecule has 1 aromatic heterocycles. The van der Waals surface area contributed by atoms with Crippen molar-refractivity contribution in [1.82, 2.24) is 4.57 Å². The number of nitrogens with zero attached hydrogens (tertiary/aromatic N) is 3. The van der Waals surface area contributed by atoms with Crippen LogP contribution in [0.2, 0.25) is 0 Å². The number of anilines is 2. The normalized spacial score (nSPS) is 12.2. The van der Waals surface area contributed by atoms with Gasteiger partial charge in [0, 0.05) is 19.1 Å². The van der Waals surface area contributed by atoms with Crippen LogP contribution in [0.5, 0.6) is 0 Å². The topological polar surface area (TPSA) is 58.0 Å². The number of aromatic nitrogens is 1. The van der Waals surface area contributed by atoms with E-state index < -0.39 is 0 Å². The van der Waals surface area contributed by atoms with Crippen LogP contribution in [0.1, 0.15) is 45.9 Å². The van der Waals surface area contributed by atoms with Crippen molar-refractivity contribution >= 4 is 11.5 Å². The minimum Gasteiger partial charge on any atom is -0.396 e. The second kappa shape index (κ2) is 5.62. The van der Waals surface area contributed by atoms with E-state index in [4.69, 9.17) is 5.73 Å². The molecule has 0 spiro atoms. The molecule has 1 rings (SSSR count). The van der Waals surface area contributed by atoms with Gasteiger partial charge in [0.15, 0.2) is 0 Å². The predicted molar refractivity (Wildman–Crippen MR) is 72.1 cm³/mol. The summed E-state index contributed by atoms with van der Waals surface area (Å²) in [7, 11) is 0. The molecule has 0 aliphatic heterocycles. The molecule has 0 bridgehead atoms. The minimum absolute atomic E-state index is 0.289. The van der Waals surface area contributed by atoms with Gasteiger partial charge in [-0.2, -0.15) is 5.26 Å². The Morgan fingerprint density at radius 3 is 2.41 bits per heavy atom. The van der Waals surface area contributed by atoms with E-state index in [1.54, 1.807) is 6.07 Å². The van der Waals surface area contributed by atoms with E-state index >= 15 is 0 Å². The van der Waals surface area contributed by atoms with Gasteiger partial charge in [-0.1, -0.05) is 6.92 Å². The van der Waals surface area contributed by atoms with Gasteiger partial charge in [0.25, 0.3) is 0 Å². The van der Waals surface area contributed by atoms with Crippen molar-refractivity contribution in [3.05, 3.63) is 11.8 Å². The van der Waals surface area contributed by atoms with Gasteiger partial charge in [-0.3, -0.25) is 0 Å². The molecule has 0 saturated carbocycles. The highest BCUT2D eigenvalue weighted by Gasteiger charge is 2.20. The summed E-state index contributed by atoms with van der Waals surface area (Å²) >= 11 is 0. The SMILES string of the molecule is CCC(C)n1c(C#N)cc(N)c1N(CC)CC. The first-order valence-electron chi connectivity index (χ1n) is 6.26. The zero-order valence-electron chi connectivity index (χ0n) is 11.2. The third-order valence-electron chi connectivity index (χ3n) is 3.25. The highest BCUT2D eigenvalue weighted by molar-refractivity contribution is 5.68. The van der Waals surface area contributed by atoms with Gasteiger partial charge < -0.3 is 15.2 Å². The highest BCUT2D eigenvalue weighted by atomic mass is 15.3. The van der Waals surface area contributed by atoms with Crippen molar-refractivity contribution < 1.29 is 0 Å². The lowest BCUT2D eigenvalue weighted by Gasteiger charge is -2.26. The van der Waals surface area contributed by atoms with Crippen molar-refractivity contribution in [1.29, 1.82) is 5.26 Å². The Hall–Kier alpha value is -1.63. The van der Waals surface area contributed by atoms with E-state index in [2.05, 4.69) is 43.2 Å². The monoisotopic (exact) mass is 234 g/mol. The lowest BCUT2D eigenvalue weighted by molar-refractivity contribution is 0.524. The summed E-state index contributed by atoms with van der Waals surface area (Å²) in [6.07, 6.45) is 0.983. The Morgan fingerprint density at radius 2 is 2.00 bits per heavy atom. The van der Waals surface area contributed by atoms with Gasteiger partial charge in [-0.05, 0) is 33.3 Å². The molecule has 94 valence electrons. The van der Waals surface area contributed by atoms with Crippen LogP contribution in [0.15, 0.2) is 6.07 Å². The molecule has 1 unspecified atom stereocenters. The first kappa shape index (κ1) is 13.4. The van der Waals surface area contributed by atoms with Crippen LogP contribution in [0.3, 0.4) is 0 Å². The number of hydrogen-bond donors (Lipinski definition) is 1. The summed E-state index contributed by atoms with van der Waals surface area (Å²) in [5.74, 6) is 0.987. The lowest BCUT2D eigenvalue weighted by Crippen LogP contribution is -2.26. The Bertz CT molecular complexity index is 410. The molecule has 0 aliphatic rings. The van der Waals surface area contributed by atoms with Crippen molar-refractivity contribution in [2.75, 3.05) is 23.7 Å². The van der Waals surface area contributed by atoms with Crippen LogP contribution in [-0.2, 0) is 0 Å². The maximum absolute atomic E-state index is 9.18. The van der Waals surface area contributed by atoms with Crippen LogP contribution in [0, 0.1) is 11.3 Å². The van der Waals surface area contributed by atoms with E-state index in [1.165, 1.54) is 0 Å². The van der Waals surface area contributed by atoms with E-state index in [0.29, 0.717) is 11.4 Å². The fraction of sp³-hybridized carbons (Fsp3) is 0.615. The lowest BCUT2D eigenvalue weighted by atomic mass is 10.2. The number of nitriles is 1. The fourth-order valence-corrected chi connectivity index (χ4v) is 2.11. The largest absolute Gasteiger partial charge is 0.396 e. The highest BCUT2D eigenvalue weighted by Crippen LogP contribution is 2.32. The molecule has 1 atom stereocenters. The minimum atomic E-state index is 0.289. The van der Waals surface area contributed by atoms with Gasteiger partial charge in [-0.25, -0.2) is 0 Å². The molecule has 1 heterocycles. The van der Waals surface area contributed by atoms with E-state index in [1.807, 2.05) is 0 Å². The van der Waals surface area contributed by atoms with Crippen molar-refractivity contribution in [3.8, 4) is 6.07 Å². The first-order chi connectivity index (χ1) is 8.10. The second-order valence-electron chi connectivity index (χ2n) is 4.22. The van der Waals surface area contributed by atoms with Crippen LogP contribution >= 0.6 is 0 Å². The average Bonchev–Trinajstić information content (AvgIpc) is 2.67. The zero-order chi connectivity index (χ0) is 13.0. The van der Waals surface area contributed by atoms with Crippen molar-refractivity contribution in [3.63, 3.8) is 0 Å². The molecule has 0 aliphatic carbocycles. The number of rotatable bonds is 5. The van der Waals surface area contributed by atoms with Gasteiger partial charge in [0.05, 0.1) is 5.69 Å². The Morgan fingerprint density at radius 1 is 1.41 bits per heavy atom. The maximum atomic E-state index is 9.18. The Labute approximate surface area is 104 Å². The number of nitrogen functional groups attached to an aromatic ring is 1. The summed E-state index contributed by atoms with van der Waals surface area (Å²) in [5, 5.41) is 9.18. The molecule has 2 N–H and O–H groups in total. The molecule has 0 radical (unpaired) electrons. The number of nitrogens with two attached hydrogens (primary N) is 1. The third kappa shape index (κ3) is 2.38.